The molecule has 6 heteroatoms. The zero-order valence-corrected chi connectivity index (χ0v) is 7.03. The molecule has 1 fully saturated rings. The van der Waals surface area contributed by atoms with E-state index in [1.54, 1.807) is 0 Å². The van der Waals surface area contributed by atoms with Gasteiger partial charge in [-0.1, -0.05) is 0 Å². The molecule has 1 aliphatic rings. The van der Waals surface area contributed by atoms with Crippen LogP contribution in [-0.4, -0.2) is 35.0 Å². The van der Waals surface area contributed by atoms with Gasteiger partial charge in [-0.2, -0.15) is 0 Å². The summed E-state index contributed by atoms with van der Waals surface area (Å²) in [6, 6.07) is -1.54. The minimum atomic E-state index is -1.05. The first-order valence-electron chi connectivity index (χ1n) is 3.83. The van der Waals surface area contributed by atoms with Crippen LogP contribution >= 0.6 is 0 Å². The molecule has 0 radical (unpaired) electrons. The Bertz CT molecular complexity index is 263. The van der Waals surface area contributed by atoms with Gasteiger partial charge in [0.1, 0.15) is 6.04 Å². The molecule has 2 atom stereocenters. The van der Waals surface area contributed by atoms with Crippen molar-refractivity contribution in [3.63, 3.8) is 0 Å². The largest absolute Gasteiger partial charge is 0.480 e. The molecule has 1 aliphatic heterocycles. The van der Waals surface area contributed by atoms with Gasteiger partial charge in [0.05, 0.1) is 12.5 Å². The van der Waals surface area contributed by atoms with Crippen molar-refractivity contribution < 1.29 is 19.5 Å². The number of amides is 2. The fraction of sp³-hybridized carbons (Fsp3) is 0.571. The average molecular weight is 186 g/mol. The number of carboxylic acid groups (broad SMARTS) is 1. The van der Waals surface area contributed by atoms with Crippen molar-refractivity contribution in [3.05, 3.63) is 0 Å². The normalized spacial score (nSPS) is 24.2. The molecule has 0 aromatic heterocycles. The van der Waals surface area contributed by atoms with Gasteiger partial charge in [-0.3, -0.25) is 25.0 Å². The number of nitrogens with one attached hydrogen (secondary N) is 2. The molecule has 2 amide bonds. The van der Waals surface area contributed by atoms with Crippen molar-refractivity contribution in [3.8, 4) is 0 Å². The molecular formula is C7H10N2O4. The van der Waals surface area contributed by atoms with Gasteiger partial charge in [-0.25, -0.2) is 0 Å². The number of rotatable bonds is 3. The zero-order valence-electron chi connectivity index (χ0n) is 7.03. The molecule has 1 rings (SSSR count). The first-order chi connectivity index (χ1) is 6.00. The van der Waals surface area contributed by atoms with Crippen molar-refractivity contribution in [2.75, 3.05) is 0 Å². The Kier molecular flexibility index (Phi) is 2.62. The maximum atomic E-state index is 11.0. The van der Waals surface area contributed by atoms with Gasteiger partial charge in [0, 0.05) is 0 Å². The van der Waals surface area contributed by atoms with E-state index in [9.17, 15) is 14.4 Å². The summed E-state index contributed by atoms with van der Waals surface area (Å²) < 4.78 is 0. The number of carbonyl (C=O) groups is 3. The van der Waals surface area contributed by atoms with Gasteiger partial charge in [-0.05, 0) is 6.92 Å². The summed E-state index contributed by atoms with van der Waals surface area (Å²) in [7, 11) is 0. The molecule has 0 spiro atoms. The minimum Gasteiger partial charge on any atom is -0.480 e. The van der Waals surface area contributed by atoms with Crippen LogP contribution in [-0.2, 0) is 14.4 Å². The van der Waals surface area contributed by atoms with Crippen molar-refractivity contribution in [2.24, 2.45) is 0 Å². The number of hydrogen-bond acceptors (Lipinski definition) is 4. The zero-order chi connectivity index (χ0) is 10.0. The molecule has 2 unspecified atom stereocenters. The lowest BCUT2D eigenvalue weighted by Gasteiger charge is -2.12. The Labute approximate surface area is 74.3 Å². The maximum absolute atomic E-state index is 11.0. The summed E-state index contributed by atoms with van der Waals surface area (Å²) >= 11 is 0. The van der Waals surface area contributed by atoms with Crippen molar-refractivity contribution in [2.45, 2.75) is 25.4 Å². The first kappa shape index (κ1) is 9.66. The second-order valence-electron chi connectivity index (χ2n) is 2.90. The maximum Gasteiger partial charge on any atom is 0.320 e. The Morgan fingerprint density at radius 3 is 2.69 bits per heavy atom. The van der Waals surface area contributed by atoms with Crippen LogP contribution in [0.2, 0.25) is 0 Å². The first-order valence-corrected chi connectivity index (χ1v) is 3.83. The monoisotopic (exact) mass is 186 g/mol. The number of aliphatic carboxylic acids is 1. The lowest BCUT2D eigenvalue weighted by Crippen LogP contribution is -2.44. The molecule has 72 valence electrons. The van der Waals surface area contributed by atoms with Crippen LogP contribution < -0.4 is 10.6 Å². The standard InChI is InChI=1S/C7H10N2O4/c1-3(7(12)13)8-4-2-5(10)9-6(4)11/h3-4,8H,2H2,1H3,(H,12,13)(H,9,10,11). The van der Waals surface area contributed by atoms with Gasteiger partial charge in [0.25, 0.3) is 0 Å². The van der Waals surface area contributed by atoms with Crippen LogP contribution in [0.1, 0.15) is 13.3 Å². The predicted molar refractivity (Wildman–Crippen MR) is 41.8 cm³/mol. The Hall–Kier alpha value is -1.43. The van der Waals surface area contributed by atoms with E-state index in [0.29, 0.717) is 0 Å². The van der Waals surface area contributed by atoms with Crippen LogP contribution in [0.3, 0.4) is 0 Å². The van der Waals surface area contributed by atoms with E-state index >= 15 is 0 Å². The summed E-state index contributed by atoms with van der Waals surface area (Å²) in [4.78, 5) is 32.0. The highest BCUT2D eigenvalue weighted by Crippen LogP contribution is 2.02. The molecule has 0 aromatic rings. The highest BCUT2D eigenvalue weighted by atomic mass is 16.4. The molecule has 1 heterocycles. The summed E-state index contributed by atoms with van der Waals surface area (Å²) in [5, 5.41) is 13.1. The summed E-state index contributed by atoms with van der Waals surface area (Å²) in [6.07, 6.45) is 0.0104. The molecule has 0 aromatic carbocycles. The molecular weight excluding hydrogens is 176 g/mol. The molecule has 3 N–H and O–H groups in total. The van der Waals surface area contributed by atoms with Crippen molar-refractivity contribution >= 4 is 17.8 Å². The third-order valence-electron chi connectivity index (χ3n) is 1.79. The van der Waals surface area contributed by atoms with E-state index in [-0.39, 0.29) is 12.3 Å². The number of carbonyl (C=O) groups excluding carboxylic acids is 2. The van der Waals surface area contributed by atoms with Crippen molar-refractivity contribution in [1.82, 2.24) is 10.6 Å². The van der Waals surface area contributed by atoms with Gasteiger partial charge in [0.15, 0.2) is 0 Å². The van der Waals surface area contributed by atoms with Crippen LogP contribution in [0, 0.1) is 0 Å². The van der Waals surface area contributed by atoms with E-state index in [0.717, 1.165) is 0 Å². The lowest BCUT2D eigenvalue weighted by atomic mass is 10.2. The van der Waals surface area contributed by atoms with E-state index in [2.05, 4.69) is 10.6 Å². The minimum absolute atomic E-state index is 0.0104. The summed E-state index contributed by atoms with van der Waals surface area (Å²) in [5.41, 5.74) is 0. The van der Waals surface area contributed by atoms with Crippen LogP contribution in [0.25, 0.3) is 0 Å². The number of carboxylic acids is 1. The van der Waals surface area contributed by atoms with Crippen molar-refractivity contribution in [1.29, 1.82) is 0 Å². The van der Waals surface area contributed by atoms with E-state index in [1.165, 1.54) is 6.92 Å². The molecule has 6 nitrogen and oxygen atoms in total. The smallest absolute Gasteiger partial charge is 0.320 e. The van der Waals surface area contributed by atoms with Gasteiger partial charge < -0.3 is 5.11 Å². The van der Waals surface area contributed by atoms with E-state index in [4.69, 9.17) is 5.11 Å². The third kappa shape index (κ3) is 2.25. The van der Waals surface area contributed by atoms with Gasteiger partial charge in [0.2, 0.25) is 11.8 Å². The highest BCUT2D eigenvalue weighted by Gasteiger charge is 2.32. The SMILES string of the molecule is CC(NC1CC(=O)NC1=O)C(=O)O. The molecule has 0 bridgehead atoms. The summed E-state index contributed by atoms with van der Waals surface area (Å²) in [5.74, 6) is -1.88. The molecule has 0 saturated carbocycles. The molecule has 0 aliphatic carbocycles. The molecule has 1 saturated heterocycles. The average Bonchev–Trinajstić information content (AvgIpc) is 2.30. The number of hydrogen-bond donors (Lipinski definition) is 3. The second kappa shape index (κ2) is 3.53. The topological polar surface area (TPSA) is 95.5 Å². The third-order valence-corrected chi connectivity index (χ3v) is 1.79. The quantitative estimate of drug-likeness (QED) is 0.464. The Morgan fingerprint density at radius 1 is 1.69 bits per heavy atom. The summed E-state index contributed by atoms with van der Waals surface area (Å²) in [6.45, 7) is 1.42. The Balaban J connectivity index is 2.50. The van der Waals surface area contributed by atoms with Gasteiger partial charge in [-0.15, -0.1) is 0 Å². The second-order valence-corrected chi connectivity index (χ2v) is 2.90. The Morgan fingerprint density at radius 2 is 2.31 bits per heavy atom. The van der Waals surface area contributed by atoms with Crippen LogP contribution in [0.5, 0.6) is 0 Å². The van der Waals surface area contributed by atoms with E-state index in [1.807, 2.05) is 0 Å². The molecule has 13 heavy (non-hydrogen) atoms. The fourth-order valence-corrected chi connectivity index (χ4v) is 1.06. The highest BCUT2D eigenvalue weighted by molar-refractivity contribution is 6.05. The van der Waals surface area contributed by atoms with Crippen LogP contribution in [0.15, 0.2) is 0 Å². The lowest BCUT2D eigenvalue weighted by molar-refractivity contribution is -0.139. The van der Waals surface area contributed by atoms with Gasteiger partial charge >= 0.3 is 5.97 Å². The van der Waals surface area contributed by atoms with E-state index < -0.39 is 24.0 Å². The van der Waals surface area contributed by atoms with Crippen LogP contribution in [0.4, 0.5) is 0 Å². The fourth-order valence-electron chi connectivity index (χ4n) is 1.06. The predicted octanol–water partition coefficient (Wildman–Crippen LogP) is -1.54. The number of imide groups is 1.